The van der Waals surface area contributed by atoms with Crippen molar-refractivity contribution >= 4 is 27.7 Å². The normalized spacial score (nSPS) is 11.5. The second kappa shape index (κ2) is 7.97. The van der Waals surface area contributed by atoms with Gasteiger partial charge in [-0.25, -0.2) is 0 Å². The highest BCUT2D eigenvalue weighted by atomic mass is 79.9. The molecule has 2 aromatic carbocycles. The van der Waals surface area contributed by atoms with Gasteiger partial charge in [-0.1, -0.05) is 39.7 Å². The van der Waals surface area contributed by atoms with E-state index in [4.69, 9.17) is 4.74 Å². The Kier molecular flexibility index (Phi) is 5.98. The van der Waals surface area contributed by atoms with E-state index in [2.05, 4.69) is 26.8 Å². The maximum atomic E-state index is 12.1. The third-order valence-electron chi connectivity index (χ3n) is 3.40. The van der Waals surface area contributed by atoms with Gasteiger partial charge < -0.3 is 4.74 Å². The van der Waals surface area contributed by atoms with Crippen LogP contribution in [0.1, 0.15) is 28.4 Å². The highest BCUT2D eigenvalue weighted by Gasteiger charge is 2.16. The van der Waals surface area contributed by atoms with Crippen molar-refractivity contribution in [3.8, 4) is 5.75 Å². The molecule has 0 bridgehead atoms. The molecule has 0 radical (unpaired) electrons. The SMILES string of the molecule is Cc1ccc(C(=O)NNC(=O)C(C)Oc2cccc(Br)c2)c(C)c1. The molecule has 0 aliphatic rings. The Morgan fingerprint density at radius 3 is 2.50 bits per heavy atom. The lowest BCUT2D eigenvalue weighted by Crippen LogP contribution is -2.47. The second-order valence-corrected chi connectivity index (χ2v) is 6.39. The lowest BCUT2D eigenvalue weighted by Gasteiger charge is -2.15. The van der Waals surface area contributed by atoms with E-state index in [1.807, 2.05) is 38.1 Å². The van der Waals surface area contributed by atoms with Crippen LogP contribution in [0, 0.1) is 13.8 Å². The van der Waals surface area contributed by atoms with Gasteiger partial charge in [0, 0.05) is 10.0 Å². The molecule has 0 fully saturated rings. The summed E-state index contributed by atoms with van der Waals surface area (Å²) in [7, 11) is 0. The molecule has 0 aliphatic carbocycles. The summed E-state index contributed by atoms with van der Waals surface area (Å²) in [5.41, 5.74) is 7.23. The maximum absolute atomic E-state index is 12.1. The van der Waals surface area contributed by atoms with Crippen LogP contribution in [0.2, 0.25) is 0 Å². The van der Waals surface area contributed by atoms with Crippen LogP contribution in [0.15, 0.2) is 46.9 Å². The molecular weight excluding hydrogens is 372 g/mol. The molecule has 126 valence electrons. The number of aryl methyl sites for hydroxylation is 2. The first-order valence-electron chi connectivity index (χ1n) is 7.46. The summed E-state index contributed by atoms with van der Waals surface area (Å²) in [6.07, 6.45) is -0.751. The average Bonchev–Trinajstić information content (AvgIpc) is 2.52. The van der Waals surface area contributed by atoms with Crippen molar-refractivity contribution in [3.05, 3.63) is 63.6 Å². The van der Waals surface area contributed by atoms with Crippen molar-refractivity contribution < 1.29 is 14.3 Å². The zero-order valence-corrected chi connectivity index (χ0v) is 15.3. The van der Waals surface area contributed by atoms with E-state index in [9.17, 15) is 9.59 Å². The van der Waals surface area contributed by atoms with Crippen molar-refractivity contribution in [2.45, 2.75) is 26.9 Å². The molecule has 2 amide bonds. The van der Waals surface area contributed by atoms with Crippen LogP contribution < -0.4 is 15.6 Å². The van der Waals surface area contributed by atoms with E-state index in [-0.39, 0.29) is 5.91 Å². The number of carbonyl (C=O) groups is 2. The van der Waals surface area contributed by atoms with E-state index < -0.39 is 12.0 Å². The monoisotopic (exact) mass is 390 g/mol. The van der Waals surface area contributed by atoms with Gasteiger partial charge in [-0.15, -0.1) is 0 Å². The van der Waals surface area contributed by atoms with Crippen LogP contribution in [0.3, 0.4) is 0 Å². The molecule has 0 saturated carbocycles. The van der Waals surface area contributed by atoms with Gasteiger partial charge in [0.1, 0.15) is 5.75 Å². The number of nitrogens with one attached hydrogen (secondary N) is 2. The predicted octanol–water partition coefficient (Wildman–Crippen LogP) is 3.29. The largest absolute Gasteiger partial charge is 0.481 e. The molecule has 5 nitrogen and oxygen atoms in total. The van der Waals surface area contributed by atoms with Crippen molar-refractivity contribution in [2.75, 3.05) is 0 Å². The number of benzene rings is 2. The Bertz CT molecular complexity index is 762. The predicted molar refractivity (Wildman–Crippen MR) is 95.8 cm³/mol. The topological polar surface area (TPSA) is 67.4 Å². The Morgan fingerprint density at radius 2 is 1.83 bits per heavy atom. The third-order valence-corrected chi connectivity index (χ3v) is 3.90. The van der Waals surface area contributed by atoms with Gasteiger partial charge in [0.2, 0.25) is 0 Å². The summed E-state index contributed by atoms with van der Waals surface area (Å²) in [5.74, 6) is -0.240. The van der Waals surface area contributed by atoms with E-state index in [0.29, 0.717) is 11.3 Å². The van der Waals surface area contributed by atoms with Crippen molar-refractivity contribution in [1.82, 2.24) is 10.9 Å². The maximum Gasteiger partial charge on any atom is 0.279 e. The molecule has 0 aromatic heterocycles. The number of hydrazine groups is 1. The fourth-order valence-corrected chi connectivity index (χ4v) is 2.53. The van der Waals surface area contributed by atoms with Gasteiger partial charge >= 0.3 is 0 Å². The molecule has 0 spiro atoms. The van der Waals surface area contributed by atoms with Gasteiger partial charge in [0.05, 0.1) is 0 Å². The van der Waals surface area contributed by atoms with Crippen LogP contribution in [-0.2, 0) is 4.79 Å². The van der Waals surface area contributed by atoms with E-state index in [0.717, 1.165) is 15.6 Å². The minimum atomic E-state index is -0.751. The van der Waals surface area contributed by atoms with Gasteiger partial charge in [-0.05, 0) is 50.6 Å². The van der Waals surface area contributed by atoms with Crippen LogP contribution >= 0.6 is 15.9 Å². The molecule has 24 heavy (non-hydrogen) atoms. The average molecular weight is 391 g/mol. The Hall–Kier alpha value is -2.34. The highest BCUT2D eigenvalue weighted by Crippen LogP contribution is 2.18. The minimum Gasteiger partial charge on any atom is -0.481 e. The molecule has 1 atom stereocenters. The lowest BCUT2D eigenvalue weighted by atomic mass is 10.1. The number of halogens is 1. The summed E-state index contributed by atoms with van der Waals surface area (Å²) in [6, 6.07) is 12.7. The molecular formula is C18H19BrN2O3. The fourth-order valence-electron chi connectivity index (χ4n) is 2.15. The number of ether oxygens (including phenoxy) is 1. The minimum absolute atomic E-state index is 0.365. The van der Waals surface area contributed by atoms with Gasteiger partial charge in [0.15, 0.2) is 6.10 Å². The zero-order valence-electron chi connectivity index (χ0n) is 13.7. The smallest absolute Gasteiger partial charge is 0.279 e. The van der Waals surface area contributed by atoms with Crippen molar-refractivity contribution in [3.63, 3.8) is 0 Å². The summed E-state index contributed by atoms with van der Waals surface area (Å²) < 4.78 is 6.40. The number of rotatable bonds is 4. The van der Waals surface area contributed by atoms with E-state index in [1.54, 1.807) is 25.1 Å². The molecule has 1 unspecified atom stereocenters. The Balaban J connectivity index is 1.91. The number of amides is 2. The van der Waals surface area contributed by atoms with Gasteiger partial charge in [-0.2, -0.15) is 0 Å². The van der Waals surface area contributed by atoms with Gasteiger partial charge in [0.25, 0.3) is 11.8 Å². The molecule has 2 N–H and O–H groups in total. The summed E-state index contributed by atoms with van der Waals surface area (Å²) in [5, 5.41) is 0. The van der Waals surface area contributed by atoms with E-state index in [1.165, 1.54) is 0 Å². The second-order valence-electron chi connectivity index (χ2n) is 5.48. The summed E-state index contributed by atoms with van der Waals surface area (Å²) >= 11 is 3.34. The first kappa shape index (κ1) is 18.0. The van der Waals surface area contributed by atoms with Crippen LogP contribution in [-0.4, -0.2) is 17.9 Å². The molecule has 0 aliphatic heterocycles. The Morgan fingerprint density at radius 1 is 1.08 bits per heavy atom. The van der Waals surface area contributed by atoms with Crippen LogP contribution in [0.5, 0.6) is 5.75 Å². The number of carbonyl (C=O) groups excluding carboxylic acids is 2. The summed E-state index contributed by atoms with van der Waals surface area (Å²) in [4.78, 5) is 24.2. The first-order chi connectivity index (χ1) is 11.4. The van der Waals surface area contributed by atoms with Gasteiger partial charge in [-0.3, -0.25) is 20.4 Å². The molecule has 0 heterocycles. The molecule has 2 aromatic rings. The van der Waals surface area contributed by atoms with Crippen LogP contribution in [0.4, 0.5) is 0 Å². The standard InChI is InChI=1S/C18H19BrN2O3/c1-11-7-8-16(12(2)9-11)18(23)21-20-17(22)13(3)24-15-6-4-5-14(19)10-15/h4-10,13H,1-3H3,(H,20,22)(H,21,23). The molecule has 2 rings (SSSR count). The van der Waals surface area contributed by atoms with Crippen LogP contribution in [0.25, 0.3) is 0 Å². The number of hydrogen-bond acceptors (Lipinski definition) is 3. The third kappa shape index (κ3) is 4.83. The summed E-state index contributed by atoms with van der Waals surface area (Å²) in [6.45, 7) is 5.42. The zero-order chi connectivity index (χ0) is 17.7. The lowest BCUT2D eigenvalue weighted by molar-refractivity contribution is -0.128. The van der Waals surface area contributed by atoms with E-state index >= 15 is 0 Å². The molecule has 0 saturated heterocycles. The molecule has 6 heteroatoms. The fraction of sp³-hybridized carbons (Fsp3) is 0.222. The van der Waals surface area contributed by atoms with Crippen molar-refractivity contribution in [2.24, 2.45) is 0 Å². The quantitative estimate of drug-likeness (QED) is 0.786. The number of hydrogen-bond donors (Lipinski definition) is 2. The first-order valence-corrected chi connectivity index (χ1v) is 8.26. The van der Waals surface area contributed by atoms with Crippen molar-refractivity contribution in [1.29, 1.82) is 0 Å². The Labute approximate surface area is 149 Å². The highest BCUT2D eigenvalue weighted by molar-refractivity contribution is 9.10.